The molecule has 7 heteroatoms. The third-order valence-corrected chi connectivity index (χ3v) is 5.27. The highest BCUT2D eigenvalue weighted by atomic mass is 19.1. The zero-order chi connectivity index (χ0) is 17.4. The topological polar surface area (TPSA) is 71.1 Å². The van der Waals surface area contributed by atoms with Gasteiger partial charge in [0.05, 0.1) is 18.6 Å². The van der Waals surface area contributed by atoms with Crippen LogP contribution in [0.3, 0.4) is 0 Å². The van der Waals surface area contributed by atoms with Crippen LogP contribution in [-0.2, 0) is 14.9 Å². The Morgan fingerprint density at radius 1 is 1.36 bits per heavy atom. The number of rotatable bonds is 3. The van der Waals surface area contributed by atoms with E-state index in [9.17, 15) is 9.18 Å². The van der Waals surface area contributed by atoms with Crippen LogP contribution in [0.15, 0.2) is 24.3 Å². The second kappa shape index (κ2) is 6.22. The fraction of sp³-hybridized carbons (Fsp3) is 0.500. The Labute approximate surface area is 145 Å². The van der Waals surface area contributed by atoms with Gasteiger partial charge in [-0.3, -0.25) is 9.89 Å². The van der Waals surface area contributed by atoms with Crippen molar-refractivity contribution in [3.05, 3.63) is 47.3 Å². The van der Waals surface area contributed by atoms with Crippen LogP contribution in [0, 0.1) is 12.7 Å². The molecule has 1 aromatic heterocycles. The molecule has 2 aromatic rings. The van der Waals surface area contributed by atoms with Crippen molar-refractivity contribution in [2.45, 2.75) is 37.7 Å². The van der Waals surface area contributed by atoms with Crippen molar-refractivity contribution in [3.63, 3.8) is 0 Å². The number of aryl methyl sites for hydroxylation is 1. The largest absolute Gasteiger partial charge is 0.366 e. The first-order valence-corrected chi connectivity index (χ1v) is 8.64. The molecule has 1 amide bonds. The number of hydrogen-bond donors (Lipinski definition) is 1. The van der Waals surface area contributed by atoms with E-state index in [4.69, 9.17) is 4.74 Å². The van der Waals surface area contributed by atoms with E-state index in [2.05, 4.69) is 15.2 Å². The molecule has 2 heterocycles. The molecule has 2 aliphatic rings. The summed E-state index contributed by atoms with van der Waals surface area (Å²) in [6.45, 7) is 3.30. The van der Waals surface area contributed by atoms with Crippen molar-refractivity contribution in [1.82, 2.24) is 20.1 Å². The average Bonchev–Trinajstić information content (AvgIpc) is 3.02. The van der Waals surface area contributed by atoms with Gasteiger partial charge in [-0.2, -0.15) is 5.10 Å². The molecule has 25 heavy (non-hydrogen) atoms. The Hall–Kier alpha value is -2.28. The van der Waals surface area contributed by atoms with Crippen molar-refractivity contribution in [1.29, 1.82) is 0 Å². The van der Waals surface area contributed by atoms with Crippen molar-refractivity contribution in [2.75, 3.05) is 19.7 Å². The lowest BCUT2D eigenvalue weighted by Crippen LogP contribution is -2.54. The van der Waals surface area contributed by atoms with Crippen LogP contribution in [0.2, 0.25) is 0 Å². The van der Waals surface area contributed by atoms with Gasteiger partial charge in [-0.05, 0) is 37.5 Å². The van der Waals surface area contributed by atoms with Gasteiger partial charge in [-0.15, -0.1) is 0 Å². The molecule has 1 N–H and O–H groups in total. The molecule has 1 atom stereocenters. The Morgan fingerprint density at radius 3 is 2.72 bits per heavy atom. The number of H-pyrrole nitrogens is 1. The highest BCUT2D eigenvalue weighted by Crippen LogP contribution is 2.45. The van der Waals surface area contributed by atoms with Crippen molar-refractivity contribution < 1.29 is 13.9 Å². The van der Waals surface area contributed by atoms with Crippen LogP contribution in [0.1, 0.15) is 42.6 Å². The molecule has 1 saturated heterocycles. The van der Waals surface area contributed by atoms with E-state index in [0.29, 0.717) is 25.5 Å². The molecule has 1 aliphatic heterocycles. The molecule has 0 spiro atoms. The molecule has 2 fully saturated rings. The van der Waals surface area contributed by atoms with Gasteiger partial charge in [0.2, 0.25) is 5.91 Å². The summed E-state index contributed by atoms with van der Waals surface area (Å²) in [5.74, 6) is 1.13. The van der Waals surface area contributed by atoms with Crippen molar-refractivity contribution in [2.24, 2.45) is 0 Å². The number of aromatic amines is 1. The first-order chi connectivity index (χ1) is 12.1. The zero-order valence-corrected chi connectivity index (χ0v) is 14.2. The third-order valence-electron chi connectivity index (χ3n) is 5.27. The fourth-order valence-corrected chi connectivity index (χ4v) is 3.72. The van der Waals surface area contributed by atoms with E-state index in [0.717, 1.165) is 30.7 Å². The molecule has 6 nitrogen and oxygen atoms in total. The number of morpholine rings is 1. The minimum atomic E-state index is -0.523. The normalized spacial score (nSPS) is 22.5. The van der Waals surface area contributed by atoms with Gasteiger partial charge in [0.15, 0.2) is 5.82 Å². The van der Waals surface area contributed by atoms with Crippen LogP contribution in [-0.4, -0.2) is 45.7 Å². The summed E-state index contributed by atoms with van der Waals surface area (Å²) < 4.78 is 19.0. The van der Waals surface area contributed by atoms with Gasteiger partial charge in [-0.1, -0.05) is 18.6 Å². The Morgan fingerprint density at radius 2 is 2.12 bits per heavy atom. The standard InChI is InChI=1S/C18H21FN4O2/c1-12-20-16(22-21-12)15-11-23(9-10-25-15)17(24)18(7-2-8-18)13-3-5-14(19)6-4-13/h3-6,15H,2,7-11H2,1H3,(H,20,21,22)/t15-/m0/s1. The summed E-state index contributed by atoms with van der Waals surface area (Å²) in [6.07, 6.45) is 2.31. The van der Waals surface area contributed by atoms with Gasteiger partial charge >= 0.3 is 0 Å². The molecular formula is C18H21FN4O2. The summed E-state index contributed by atoms with van der Waals surface area (Å²) >= 11 is 0. The predicted molar refractivity (Wildman–Crippen MR) is 88.3 cm³/mol. The number of benzene rings is 1. The molecule has 1 aromatic carbocycles. The van der Waals surface area contributed by atoms with E-state index in [1.165, 1.54) is 12.1 Å². The Kier molecular flexibility index (Phi) is 4.03. The highest BCUT2D eigenvalue weighted by molar-refractivity contribution is 5.89. The maximum atomic E-state index is 13.3. The highest BCUT2D eigenvalue weighted by Gasteiger charge is 2.48. The van der Waals surface area contributed by atoms with Crippen LogP contribution in [0.5, 0.6) is 0 Å². The van der Waals surface area contributed by atoms with Gasteiger partial charge < -0.3 is 9.64 Å². The van der Waals surface area contributed by atoms with E-state index in [1.54, 1.807) is 12.1 Å². The van der Waals surface area contributed by atoms with Crippen molar-refractivity contribution >= 4 is 5.91 Å². The van der Waals surface area contributed by atoms with Crippen LogP contribution >= 0.6 is 0 Å². The number of nitrogens with zero attached hydrogens (tertiary/aromatic N) is 3. The quantitative estimate of drug-likeness (QED) is 0.927. The Balaban J connectivity index is 1.55. The van der Waals surface area contributed by atoms with Gasteiger partial charge in [-0.25, -0.2) is 9.37 Å². The lowest BCUT2D eigenvalue weighted by atomic mass is 9.63. The third kappa shape index (κ3) is 2.82. The summed E-state index contributed by atoms with van der Waals surface area (Å²) in [4.78, 5) is 19.5. The minimum absolute atomic E-state index is 0.103. The molecule has 0 unspecified atom stereocenters. The molecule has 4 rings (SSSR count). The number of ether oxygens (including phenoxy) is 1. The number of carbonyl (C=O) groups is 1. The van der Waals surface area contributed by atoms with Gasteiger partial charge in [0.25, 0.3) is 0 Å². The average molecular weight is 344 g/mol. The van der Waals surface area contributed by atoms with E-state index in [-0.39, 0.29) is 17.8 Å². The van der Waals surface area contributed by atoms with E-state index < -0.39 is 5.41 Å². The van der Waals surface area contributed by atoms with E-state index >= 15 is 0 Å². The smallest absolute Gasteiger partial charge is 0.233 e. The zero-order valence-electron chi connectivity index (χ0n) is 14.2. The minimum Gasteiger partial charge on any atom is -0.366 e. The van der Waals surface area contributed by atoms with Crippen molar-refractivity contribution in [3.8, 4) is 0 Å². The SMILES string of the molecule is Cc1nc([C@@H]2CN(C(=O)C3(c4ccc(F)cc4)CCC3)CCO2)n[nH]1. The number of carbonyl (C=O) groups excluding carboxylic acids is 1. The lowest BCUT2D eigenvalue weighted by molar-refractivity contribution is -0.149. The molecule has 0 radical (unpaired) electrons. The summed E-state index contributed by atoms with van der Waals surface area (Å²) in [5, 5.41) is 6.97. The molecule has 1 saturated carbocycles. The Bertz CT molecular complexity index is 770. The van der Waals surface area contributed by atoms with Crippen LogP contribution in [0.25, 0.3) is 0 Å². The fourth-order valence-electron chi connectivity index (χ4n) is 3.72. The van der Waals surface area contributed by atoms with Crippen LogP contribution < -0.4 is 0 Å². The lowest BCUT2D eigenvalue weighted by Gasteiger charge is -2.45. The van der Waals surface area contributed by atoms with Gasteiger partial charge in [0.1, 0.15) is 17.7 Å². The maximum Gasteiger partial charge on any atom is 0.233 e. The first kappa shape index (κ1) is 16.2. The summed E-state index contributed by atoms with van der Waals surface area (Å²) in [5.41, 5.74) is 0.381. The summed E-state index contributed by atoms with van der Waals surface area (Å²) in [6, 6.07) is 6.34. The number of hydrogen-bond acceptors (Lipinski definition) is 4. The second-order valence-corrected chi connectivity index (χ2v) is 6.83. The first-order valence-electron chi connectivity index (χ1n) is 8.64. The maximum absolute atomic E-state index is 13.3. The number of amides is 1. The predicted octanol–water partition coefficient (Wildman–Crippen LogP) is 2.27. The number of aromatic nitrogens is 3. The number of nitrogens with one attached hydrogen (secondary N) is 1. The summed E-state index contributed by atoms with van der Waals surface area (Å²) in [7, 11) is 0. The van der Waals surface area contributed by atoms with E-state index in [1.807, 2.05) is 11.8 Å². The van der Waals surface area contributed by atoms with Crippen LogP contribution in [0.4, 0.5) is 4.39 Å². The molecule has 0 bridgehead atoms. The molecular weight excluding hydrogens is 323 g/mol. The van der Waals surface area contributed by atoms with Gasteiger partial charge in [0, 0.05) is 6.54 Å². The second-order valence-electron chi connectivity index (χ2n) is 6.83. The monoisotopic (exact) mass is 344 g/mol. The molecule has 132 valence electrons. The molecule has 1 aliphatic carbocycles. The number of halogens is 1.